The maximum atomic E-state index is 11.2. The molecule has 1 aliphatic rings. The lowest BCUT2D eigenvalue weighted by atomic mass is 10.1. The first kappa shape index (κ1) is 21.1. The zero-order chi connectivity index (χ0) is 20.6. The third-order valence-corrected chi connectivity index (χ3v) is 5.09. The Hall–Kier alpha value is -2.57. The Morgan fingerprint density at radius 2 is 1.76 bits per heavy atom. The van der Waals surface area contributed by atoms with Crippen LogP contribution >= 0.6 is 0 Å². The first-order valence-corrected chi connectivity index (χ1v) is 10.0. The molecule has 0 radical (unpaired) electrons. The fourth-order valence-corrected chi connectivity index (χ4v) is 3.60. The molecular weight excluding hydrogens is 368 g/mol. The van der Waals surface area contributed by atoms with Crippen molar-refractivity contribution in [2.24, 2.45) is 0 Å². The molecule has 29 heavy (non-hydrogen) atoms. The molecule has 6 nitrogen and oxygen atoms in total. The van der Waals surface area contributed by atoms with Crippen molar-refractivity contribution in [3.63, 3.8) is 0 Å². The van der Waals surface area contributed by atoms with Gasteiger partial charge in [0.25, 0.3) is 0 Å². The van der Waals surface area contributed by atoms with Gasteiger partial charge >= 0.3 is 0 Å². The number of rotatable bonds is 9. The van der Waals surface area contributed by atoms with E-state index < -0.39 is 6.10 Å². The number of Topliss-reactive ketones (excluding diaryl/α,β-unsaturated/α-hetero) is 1. The molecule has 2 aromatic carbocycles. The van der Waals surface area contributed by atoms with Gasteiger partial charge in [0, 0.05) is 39.1 Å². The number of ketones is 1. The first-order chi connectivity index (χ1) is 14.0. The molecule has 0 aliphatic carbocycles. The second kappa shape index (κ2) is 10.3. The third-order valence-electron chi connectivity index (χ3n) is 5.09. The minimum Gasteiger partial charge on any atom is -0.495 e. The molecule has 0 aromatic heterocycles. The van der Waals surface area contributed by atoms with Crippen LogP contribution in [0.4, 0.5) is 5.69 Å². The number of nitrogens with zero attached hydrogens (tertiary/aromatic N) is 2. The maximum Gasteiger partial charge on any atom is 0.142 e. The van der Waals surface area contributed by atoms with Crippen molar-refractivity contribution in [2.45, 2.75) is 19.4 Å². The number of hydrogen-bond donors (Lipinski definition) is 1. The van der Waals surface area contributed by atoms with Gasteiger partial charge in [0.15, 0.2) is 0 Å². The molecule has 1 unspecified atom stereocenters. The third kappa shape index (κ3) is 6.21. The topological polar surface area (TPSA) is 62.2 Å². The number of piperazine rings is 1. The van der Waals surface area contributed by atoms with Gasteiger partial charge in [-0.2, -0.15) is 0 Å². The Kier molecular flexibility index (Phi) is 7.49. The van der Waals surface area contributed by atoms with Crippen molar-refractivity contribution in [2.75, 3.05) is 51.3 Å². The molecule has 1 atom stereocenters. The van der Waals surface area contributed by atoms with E-state index in [0.717, 1.165) is 43.2 Å². The molecular formula is C23H30N2O4. The molecule has 1 aliphatic heterocycles. The fraction of sp³-hybridized carbons (Fsp3) is 0.435. The van der Waals surface area contributed by atoms with Gasteiger partial charge in [0.2, 0.25) is 0 Å². The molecule has 1 N–H and O–H groups in total. The smallest absolute Gasteiger partial charge is 0.142 e. The first-order valence-electron chi connectivity index (χ1n) is 10.0. The van der Waals surface area contributed by atoms with Gasteiger partial charge in [-0.05, 0) is 36.8 Å². The Balaban J connectivity index is 1.41. The largest absolute Gasteiger partial charge is 0.495 e. The fourth-order valence-electron chi connectivity index (χ4n) is 3.60. The van der Waals surface area contributed by atoms with Gasteiger partial charge in [-0.3, -0.25) is 9.69 Å². The van der Waals surface area contributed by atoms with Gasteiger partial charge < -0.3 is 19.5 Å². The molecule has 0 saturated carbocycles. The Morgan fingerprint density at radius 1 is 1.07 bits per heavy atom. The van der Waals surface area contributed by atoms with Gasteiger partial charge in [0.1, 0.15) is 30.0 Å². The monoisotopic (exact) mass is 398 g/mol. The number of methoxy groups -OCH3 is 1. The number of β-amino-alcohol motifs (C(OH)–C–C–N with tert-alkyl or cyclic N) is 1. The summed E-state index contributed by atoms with van der Waals surface area (Å²) in [6, 6.07) is 15.5. The Morgan fingerprint density at radius 3 is 2.41 bits per heavy atom. The number of carbonyl (C=O) groups is 1. The number of para-hydroxylation sites is 2. The highest BCUT2D eigenvalue weighted by Gasteiger charge is 2.21. The Bertz CT molecular complexity index is 786. The molecule has 1 heterocycles. The minimum absolute atomic E-state index is 0.139. The summed E-state index contributed by atoms with van der Waals surface area (Å²) in [5.74, 6) is 1.74. The van der Waals surface area contributed by atoms with Crippen LogP contribution in [-0.2, 0) is 11.2 Å². The summed E-state index contributed by atoms with van der Waals surface area (Å²) < 4.78 is 11.2. The summed E-state index contributed by atoms with van der Waals surface area (Å²) >= 11 is 0. The molecule has 3 rings (SSSR count). The van der Waals surface area contributed by atoms with Crippen LogP contribution in [0.3, 0.4) is 0 Å². The lowest BCUT2D eigenvalue weighted by molar-refractivity contribution is -0.116. The van der Waals surface area contributed by atoms with E-state index >= 15 is 0 Å². The minimum atomic E-state index is -0.551. The molecule has 156 valence electrons. The van der Waals surface area contributed by atoms with Crippen molar-refractivity contribution in [3.05, 3.63) is 54.1 Å². The highest BCUT2D eigenvalue weighted by molar-refractivity contribution is 5.78. The summed E-state index contributed by atoms with van der Waals surface area (Å²) in [5.41, 5.74) is 2.09. The van der Waals surface area contributed by atoms with Crippen LogP contribution in [-0.4, -0.2) is 68.3 Å². The molecule has 0 spiro atoms. The lowest BCUT2D eigenvalue weighted by Gasteiger charge is -2.37. The van der Waals surface area contributed by atoms with Crippen LogP contribution in [0.5, 0.6) is 11.5 Å². The standard InChI is InChI=1S/C23H30N2O4/c1-18(26)15-19-7-9-21(10-8-19)29-17-20(27)16-24-11-13-25(14-12-24)22-5-3-4-6-23(22)28-2/h3-10,20,27H,11-17H2,1-2H3. The summed E-state index contributed by atoms with van der Waals surface area (Å²) in [4.78, 5) is 15.7. The predicted octanol–water partition coefficient (Wildman–Crippen LogP) is 2.39. The number of carbonyl (C=O) groups excluding carboxylic acids is 1. The van der Waals surface area contributed by atoms with Gasteiger partial charge in [-0.15, -0.1) is 0 Å². The number of aliphatic hydroxyl groups is 1. The molecule has 6 heteroatoms. The SMILES string of the molecule is COc1ccccc1N1CCN(CC(O)COc2ccc(CC(C)=O)cc2)CC1. The Labute approximate surface area is 172 Å². The van der Waals surface area contributed by atoms with E-state index in [4.69, 9.17) is 9.47 Å². The number of ether oxygens (including phenoxy) is 2. The van der Waals surface area contributed by atoms with Crippen molar-refractivity contribution in [3.8, 4) is 11.5 Å². The summed E-state index contributed by atoms with van der Waals surface area (Å²) in [5, 5.41) is 10.4. The molecule has 2 aromatic rings. The number of aliphatic hydroxyl groups excluding tert-OH is 1. The molecule has 0 bridgehead atoms. The van der Waals surface area contributed by atoms with Crippen LogP contribution < -0.4 is 14.4 Å². The number of anilines is 1. The van der Waals surface area contributed by atoms with E-state index in [2.05, 4.69) is 15.9 Å². The number of benzene rings is 2. The predicted molar refractivity (Wildman–Crippen MR) is 114 cm³/mol. The van der Waals surface area contributed by atoms with Gasteiger partial charge in [0.05, 0.1) is 12.8 Å². The van der Waals surface area contributed by atoms with Crippen LogP contribution in [0.2, 0.25) is 0 Å². The van der Waals surface area contributed by atoms with Gasteiger partial charge in [-0.1, -0.05) is 24.3 Å². The van der Waals surface area contributed by atoms with Crippen LogP contribution in [0.25, 0.3) is 0 Å². The second-order valence-corrected chi connectivity index (χ2v) is 7.45. The quantitative estimate of drug-likeness (QED) is 0.700. The van der Waals surface area contributed by atoms with Gasteiger partial charge in [-0.25, -0.2) is 0 Å². The van der Waals surface area contributed by atoms with E-state index in [1.54, 1.807) is 14.0 Å². The van der Waals surface area contributed by atoms with Crippen molar-refractivity contribution < 1.29 is 19.4 Å². The maximum absolute atomic E-state index is 11.2. The zero-order valence-electron chi connectivity index (χ0n) is 17.2. The van der Waals surface area contributed by atoms with Crippen molar-refractivity contribution in [1.82, 2.24) is 4.90 Å². The van der Waals surface area contributed by atoms with E-state index in [9.17, 15) is 9.90 Å². The van der Waals surface area contributed by atoms with E-state index in [-0.39, 0.29) is 12.4 Å². The average molecular weight is 399 g/mol. The molecule has 1 fully saturated rings. The van der Waals surface area contributed by atoms with Crippen molar-refractivity contribution in [1.29, 1.82) is 0 Å². The van der Waals surface area contributed by atoms with E-state index in [1.807, 2.05) is 42.5 Å². The van der Waals surface area contributed by atoms with Crippen molar-refractivity contribution >= 4 is 11.5 Å². The van der Waals surface area contributed by atoms with E-state index in [1.165, 1.54) is 0 Å². The normalized spacial score (nSPS) is 15.8. The lowest BCUT2D eigenvalue weighted by Crippen LogP contribution is -2.49. The number of hydrogen-bond acceptors (Lipinski definition) is 6. The molecule has 0 amide bonds. The van der Waals surface area contributed by atoms with Crippen LogP contribution in [0.1, 0.15) is 12.5 Å². The summed E-state index contributed by atoms with van der Waals surface area (Å²) in [6.45, 7) is 5.97. The van der Waals surface area contributed by atoms with Crippen LogP contribution in [0.15, 0.2) is 48.5 Å². The van der Waals surface area contributed by atoms with E-state index in [0.29, 0.717) is 18.7 Å². The molecule has 1 saturated heterocycles. The average Bonchev–Trinajstić information content (AvgIpc) is 2.73. The highest BCUT2D eigenvalue weighted by Crippen LogP contribution is 2.28. The second-order valence-electron chi connectivity index (χ2n) is 7.45. The zero-order valence-corrected chi connectivity index (χ0v) is 17.2. The van der Waals surface area contributed by atoms with Crippen LogP contribution in [0, 0.1) is 0 Å². The highest BCUT2D eigenvalue weighted by atomic mass is 16.5. The summed E-state index contributed by atoms with van der Waals surface area (Å²) in [7, 11) is 1.70. The summed E-state index contributed by atoms with van der Waals surface area (Å²) in [6.07, 6.45) is -0.117.